The summed E-state index contributed by atoms with van der Waals surface area (Å²) >= 11 is 0. The standard InChI is InChI=1S/C13H23N3O2/c1-9-4-13(18-3)10(5-12(9)17-2)7-16-8-11(15)6-14/h4-5,11,16H,6-8,14-15H2,1-3H3. The Kier molecular flexibility index (Phi) is 5.91. The molecule has 0 saturated heterocycles. The molecule has 102 valence electrons. The van der Waals surface area contributed by atoms with Gasteiger partial charge in [0.2, 0.25) is 0 Å². The van der Waals surface area contributed by atoms with Crippen LogP contribution in [0.2, 0.25) is 0 Å². The van der Waals surface area contributed by atoms with Crippen LogP contribution in [0, 0.1) is 6.92 Å². The SMILES string of the molecule is COc1cc(CNCC(N)CN)c(OC)cc1C. The van der Waals surface area contributed by atoms with Crippen molar-refractivity contribution in [3.8, 4) is 11.5 Å². The van der Waals surface area contributed by atoms with Crippen molar-refractivity contribution >= 4 is 0 Å². The number of hydrogen-bond acceptors (Lipinski definition) is 5. The Labute approximate surface area is 108 Å². The molecule has 1 aromatic rings. The number of rotatable bonds is 7. The lowest BCUT2D eigenvalue weighted by molar-refractivity contribution is 0.394. The predicted molar refractivity (Wildman–Crippen MR) is 73.0 cm³/mol. The summed E-state index contributed by atoms with van der Waals surface area (Å²) in [4.78, 5) is 0. The average molecular weight is 253 g/mol. The maximum absolute atomic E-state index is 5.74. The van der Waals surface area contributed by atoms with Gasteiger partial charge in [-0.3, -0.25) is 0 Å². The van der Waals surface area contributed by atoms with E-state index in [2.05, 4.69) is 5.32 Å². The van der Waals surface area contributed by atoms with E-state index in [1.54, 1.807) is 14.2 Å². The van der Waals surface area contributed by atoms with Crippen LogP contribution >= 0.6 is 0 Å². The molecule has 0 amide bonds. The molecule has 0 heterocycles. The van der Waals surface area contributed by atoms with Crippen LogP contribution in [0.4, 0.5) is 0 Å². The fraction of sp³-hybridized carbons (Fsp3) is 0.538. The quantitative estimate of drug-likeness (QED) is 0.655. The summed E-state index contributed by atoms with van der Waals surface area (Å²) in [5.74, 6) is 1.71. The van der Waals surface area contributed by atoms with E-state index in [9.17, 15) is 0 Å². The maximum atomic E-state index is 5.74. The van der Waals surface area contributed by atoms with Crippen LogP contribution in [-0.4, -0.2) is 33.4 Å². The van der Waals surface area contributed by atoms with Gasteiger partial charge in [0, 0.05) is 31.2 Å². The molecule has 1 atom stereocenters. The molecule has 0 saturated carbocycles. The molecule has 0 aliphatic carbocycles. The second kappa shape index (κ2) is 7.20. The van der Waals surface area contributed by atoms with Gasteiger partial charge in [0.05, 0.1) is 14.2 Å². The van der Waals surface area contributed by atoms with Crippen LogP contribution in [-0.2, 0) is 6.54 Å². The van der Waals surface area contributed by atoms with Gasteiger partial charge < -0.3 is 26.3 Å². The molecule has 18 heavy (non-hydrogen) atoms. The number of ether oxygens (including phenoxy) is 2. The van der Waals surface area contributed by atoms with Crippen molar-refractivity contribution in [3.05, 3.63) is 23.3 Å². The molecule has 1 rings (SSSR count). The van der Waals surface area contributed by atoms with Gasteiger partial charge in [0.15, 0.2) is 0 Å². The Morgan fingerprint density at radius 2 is 1.89 bits per heavy atom. The van der Waals surface area contributed by atoms with Crippen LogP contribution in [0.15, 0.2) is 12.1 Å². The predicted octanol–water partition coefficient (Wildman–Crippen LogP) is 0.388. The molecule has 0 aliphatic heterocycles. The highest BCUT2D eigenvalue weighted by atomic mass is 16.5. The number of methoxy groups -OCH3 is 2. The third kappa shape index (κ3) is 3.87. The normalized spacial score (nSPS) is 12.3. The van der Waals surface area contributed by atoms with E-state index in [0.29, 0.717) is 19.6 Å². The van der Waals surface area contributed by atoms with E-state index in [-0.39, 0.29) is 6.04 Å². The highest BCUT2D eigenvalue weighted by Crippen LogP contribution is 2.27. The van der Waals surface area contributed by atoms with Gasteiger partial charge in [0.1, 0.15) is 11.5 Å². The molecular weight excluding hydrogens is 230 g/mol. The molecule has 1 unspecified atom stereocenters. The minimum absolute atomic E-state index is 0.0247. The maximum Gasteiger partial charge on any atom is 0.123 e. The molecule has 1 aromatic carbocycles. The lowest BCUT2D eigenvalue weighted by Crippen LogP contribution is -2.39. The summed E-state index contributed by atoms with van der Waals surface area (Å²) < 4.78 is 10.7. The first kappa shape index (κ1) is 14.8. The van der Waals surface area contributed by atoms with Crippen LogP contribution in [0.1, 0.15) is 11.1 Å². The summed E-state index contributed by atoms with van der Waals surface area (Å²) in [6, 6.07) is 3.93. The molecule has 5 heteroatoms. The Bertz CT molecular complexity index is 383. The van der Waals surface area contributed by atoms with Crippen molar-refractivity contribution in [2.45, 2.75) is 19.5 Å². The molecule has 0 aliphatic rings. The van der Waals surface area contributed by atoms with Gasteiger partial charge in [-0.25, -0.2) is 0 Å². The minimum atomic E-state index is -0.0247. The Morgan fingerprint density at radius 1 is 1.22 bits per heavy atom. The number of nitrogens with one attached hydrogen (secondary N) is 1. The van der Waals surface area contributed by atoms with Crippen molar-refractivity contribution < 1.29 is 9.47 Å². The summed E-state index contributed by atoms with van der Waals surface area (Å²) in [5, 5.41) is 3.26. The van der Waals surface area contributed by atoms with E-state index in [1.165, 1.54) is 0 Å². The van der Waals surface area contributed by atoms with Gasteiger partial charge >= 0.3 is 0 Å². The van der Waals surface area contributed by atoms with Gasteiger partial charge in [-0.2, -0.15) is 0 Å². The first-order chi connectivity index (χ1) is 8.62. The Morgan fingerprint density at radius 3 is 2.44 bits per heavy atom. The largest absolute Gasteiger partial charge is 0.496 e. The van der Waals surface area contributed by atoms with Gasteiger partial charge in [-0.05, 0) is 24.6 Å². The van der Waals surface area contributed by atoms with Crippen LogP contribution in [0.25, 0.3) is 0 Å². The van der Waals surface area contributed by atoms with E-state index in [1.807, 2.05) is 19.1 Å². The number of benzene rings is 1. The lowest BCUT2D eigenvalue weighted by Gasteiger charge is -2.15. The summed E-state index contributed by atoms with van der Waals surface area (Å²) in [6.45, 7) is 3.81. The lowest BCUT2D eigenvalue weighted by atomic mass is 10.1. The molecule has 5 N–H and O–H groups in total. The molecule has 0 aromatic heterocycles. The van der Waals surface area contributed by atoms with Crippen molar-refractivity contribution in [3.63, 3.8) is 0 Å². The molecule has 0 radical (unpaired) electrons. The minimum Gasteiger partial charge on any atom is -0.496 e. The molecule has 0 spiro atoms. The smallest absolute Gasteiger partial charge is 0.123 e. The van der Waals surface area contributed by atoms with Gasteiger partial charge in [0.25, 0.3) is 0 Å². The summed E-state index contributed by atoms with van der Waals surface area (Å²) in [7, 11) is 3.33. The number of aryl methyl sites for hydroxylation is 1. The first-order valence-corrected chi connectivity index (χ1v) is 6.00. The van der Waals surface area contributed by atoms with Crippen molar-refractivity contribution in [1.82, 2.24) is 5.32 Å². The summed E-state index contributed by atoms with van der Waals surface area (Å²) in [5.41, 5.74) is 13.3. The molecule has 0 bridgehead atoms. The van der Waals surface area contributed by atoms with Crippen LogP contribution in [0.3, 0.4) is 0 Å². The van der Waals surface area contributed by atoms with E-state index in [0.717, 1.165) is 22.6 Å². The third-order valence-corrected chi connectivity index (χ3v) is 2.82. The van der Waals surface area contributed by atoms with Crippen LogP contribution in [0.5, 0.6) is 11.5 Å². The zero-order valence-corrected chi connectivity index (χ0v) is 11.3. The average Bonchev–Trinajstić information content (AvgIpc) is 2.39. The summed E-state index contributed by atoms with van der Waals surface area (Å²) in [6.07, 6.45) is 0. The van der Waals surface area contributed by atoms with E-state index < -0.39 is 0 Å². The highest BCUT2D eigenvalue weighted by Gasteiger charge is 2.08. The third-order valence-electron chi connectivity index (χ3n) is 2.82. The van der Waals surface area contributed by atoms with E-state index >= 15 is 0 Å². The van der Waals surface area contributed by atoms with Gasteiger partial charge in [-0.1, -0.05) is 0 Å². The second-order valence-corrected chi connectivity index (χ2v) is 4.26. The van der Waals surface area contributed by atoms with Gasteiger partial charge in [-0.15, -0.1) is 0 Å². The molecular formula is C13H23N3O2. The monoisotopic (exact) mass is 253 g/mol. The fourth-order valence-electron chi connectivity index (χ4n) is 1.73. The van der Waals surface area contributed by atoms with Crippen LogP contribution < -0.4 is 26.3 Å². The molecule has 0 fully saturated rings. The van der Waals surface area contributed by atoms with E-state index in [4.69, 9.17) is 20.9 Å². The first-order valence-electron chi connectivity index (χ1n) is 6.00. The topological polar surface area (TPSA) is 82.5 Å². The highest BCUT2D eigenvalue weighted by molar-refractivity contribution is 5.45. The number of nitrogens with two attached hydrogens (primary N) is 2. The Balaban J connectivity index is 2.74. The number of hydrogen-bond donors (Lipinski definition) is 3. The second-order valence-electron chi connectivity index (χ2n) is 4.26. The zero-order chi connectivity index (χ0) is 13.5. The fourth-order valence-corrected chi connectivity index (χ4v) is 1.73. The zero-order valence-electron chi connectivity index (χ0n) is 11.3. The molecule has 5 nitrogen and oxygen atoms in total. The van der Waals surface area contributed by atoms with Crippen molar-refractivity contribution in [2.24, 2.45) is 11.5 Å². The van der Waals surface area contributed by atoms with Crippen molar-refractivity contribution in [1.29, 1.82) is 0 Å². The Hall–Kier alpha value is -1.30. The van der Waals surface area contributed by atoms with Crippen molar-refractivity contribution in [2.75, 3.05) is 27.3 Å².